The quantitative estimate of drug-likeness (QED) is 0.358. The van der Waals surface area contributed by atoms with Gasteiger partial charge in [0.15, 0.2) is 11.5 Å². The number of nitriles is 1. The maximum atomic E-state index is 10.2. The summed E-state index contributed by atoms with van der Waals surface area (Å²) in [7, 11) is 0. The Balaban J connectivity index is 0.00000112. The Labute approximate surface area is 128 Å². The summed E-state index contributed by atoms with van der Waals surface area (Å²) in [5.74, 6) is 0.212. The van der Waals surface area contributed by atoms with Gasteiger partial charge in [0.25, 0.3) is 0 Å². The zero-order chi connectivity index (χ0) is 9.97. The average Bonchev–Trinajstić information content (AvgIpc) is 2.63. The third-order valence-corrected chi connectivity index (χ3v) is 1.81. The summed E-state index contributed by atoms with van der Waals surface area (Å²) in [6.45, 7) is 0. The van der Waals surface area contributed by atoms with E-state index in [-0.39, 0.29) is 62.9 Å². The van der Waals surface area contributed by atoms with E-state index < -0.39 is 0 Å². The molecule has 0 unspecified atom stereocenters. The molecule has 68 valence electrons. The summed E-state index contributed by atoms with van der Waals surface area (Å²) in [4.78, 5) is 6.88. The van der Waals surface area contributed by atoms with Crippen molar-refractivity contribution in [2.75, 3.05) is 0 Å². The second-order valence-corrected chi connectivity index (χ2v) is 2.65. The number of fused-ring (bicyclic) bond motifs is 1. The molecule has 0 aliphatic carbocycles. The number of rotatable bonds is 1. The van der Waals surface area contributed by atoms with Crippen LogP contribution in [0.4, 0.5) is 0 Å². The summed E-state index contributed by atoms with van der Waals surface area (Å²) in [6.07, 6.45) is 0. The van der Waals surface area contributed by atoms with Crippen molar-refractivity contribution < 1.29 is 51.4 Å². The normalized spacial score (nSPS) is 10.7. The van der Waals surface area contributed by atoms with Crippen molar-refractivity contribution in [2.24, 2.45) is 5.16 Å². The fourth-order valence-electron chi connectivity index (χ4n) is 1.18. The van der Waals surface area contributed by atoms with E-state index in [9.17, 15) is 5.21 Å². The van der Waals surface area contributed by atoms with E-state index in [1.165, 1.54) is 0 Å². The molecule has 0 radical (unpaired) electrons. The Morgan fingerprint density at radius 2 is 2.20 bits per heavy atom. The zero-order valence-electron chi connectivity index (χ0n) is 8.06. The number of hydrogen-bond donors (Lipinski definition) is 1. The van der Waals surface area contributed by atoms with Gasteiger partial charge in [-0.2, -0.15) is 5.26 Å². The Morgan fingerprint density at radius 1 is 1.47 bits per heavy atom. The van der Waals surface area contributed by atoms with Gasteiger partial charge in [-0.15, -0.1) is 0 Å². The predicted octanol–water partition coefficient (Wildman–Crippen LogP) is -1.62. The van der Waals surface area contributed by atoms with Crippen LogP contribution in [0.25, 0.3) is 11.0 Å². The molecule has 0 saturated carbocycles. The molecule has 1 aromatic heterocycles. The molecule has 6 heteroatoms. The summed E-state index contributed by atoms with van der Waals surface area (Å²) in [5, 5.41) is 21.4. The molecule has 0 saturated heterocycles. The van der Waals surface area contributed by atoms with E-state index in [4.69, 9.17) is 5.26 Å². The number of nitrogens with one attached hydrogen (secondary N) is 1. The van der Waals surface area contributed by atoms with E-state index in [2.05, 4.69) is 15.1 Å². The van der Waals surface area contributed by atoms with Gasteiger partial charge in [0, 0.05) is 0 Å². The molecule has 1 aromatic carbocycles. The van der Waals surface area contributed by atoms with Crippen molar-refractivity contribution in [1.82, 2.24) is 9.97 Å². The van der Waals surface area contributed by atoms with Crippen molar-refractivity contribution in [3.63, 3.8) is 0 Å². The number of aromatic nitrogens is 2. The number of benzene rings is 1. The average molecular weight is 224 g/mol. The summed E-state index contributed by atoms with van der Waals surface area (Å²) in [5.41, 5.74) is 1.25. The van der Waals surface area contributed by atoms with Gasteiger partial charge in [-0.25, -0.2) is 4.98 Å². The summed E-state index contributed by atoms with van der Waals surface area (Å²) in [6, 6.07) is 8.94. The van der Waals surface area contributed by atoms with Crippen LogP contribution in [0, 0.1) is 16.5 Å². The van der Waals surface area contributed by atoms with E-state index >= 15 is 0 Å². The maximum absolute atomic E-state index is 10.2. The predicted molar refractivity (Wildman–Crippen MR) is 51.6 cm³/mol. The molecule has 2 rings (SSSR count). The first-order valence-corrected chi connectivity index (χ1v) is 3.90. The molecular weight excluding hydrogens is 219 g/mol. The van der Waals surface area contributed by atoms with Gasteiger partial charge in [-0.05, 0) is 12.1 Å². The number of para-hydroxylation sites is 2. The first kappa shape index (κ1) is 12.4. The molecule has 15 heavy (non-hydrogen) atoms. The van der Waals surface area contributed by atoms with Crippen LogP contribution < -0.4 is 51.4 Å². The Morgan fingerprint density at radius 3 is 2.80 bits per heavy atom. The van der Waals surface area contributed by atoms with Gasteiger partial charge >= 0.3 is 51.4 Å². The van der Waals surface area contributed by atoms with E-state index in [1.807, 2.05) is 18.2 Å². The SMILES string of the molecule is N#C/C(=N\[O-])c1nc2ccccc2[nH]1.[K+]. The number of hydrogen-bond acceptors (Lipinski definition) is 4. The Hall–Kier alpha value is -0.714. The maximum Gasteiger partial charge on any atom is 1.00 e. The van der Waals surface area contributed by atoms with Crippen molar-refractivity contribution in [3.05, 3.63) is 35.3 Å². The van der Waals surface area contributed by atoms with Crippen LogP contribution in [0.2, 0.25) is 0 Å². The van der Waals surface area contributed by atoms with Crippen LogP contribution >= 0.6 is 0 Å². The molecule has 1 N–H and O–H groups in total. The molecule has 0 bridgehead atoms. The molecule has 5 nitrogen and oxygen atoms in total. The molecular formula is C9H5KN4O. The largest absolute Gasteiger partial charge is 1.00 e. The topological polar surface area (TPSA) is 87.9 Å². The van der Waals surface area contributed by atoms with E-state index in [0.717, 1.165) is 5.52 Å². The third-order valence-electron chi connectivity index (χ3n) is 1.81. The van der Waals surface area contributed by atoms with Crippen molar-refractivity contribution >= 4 is 16.7 Å². The molecule has 0 aliphatic heterocycles. The fourth-order valence-corrected chi connectivity index (χ4v) is 1.18. The molecule has 0 fully saturated rings. The number of H-pyrrole nitrogens is 1. The minimum atomic E-state index is -0.235. The van der Waals surface area contributed by atoms with Crippen LogP contribution in [-0.2, 0) is 0 Å². The molecule has 0 aliphatic rings. The third kappa shape index (κ3) is 2.45. The van der Waals surface area contributed by atoms with E-state index in [1.54, 1.807) is 12.1 Å². The monoisotopic (exact) mass is 224 g/mol. The van der Waals surface area contributed by atoms with Gasteiger partial charge in [0.2, 0.25) is 0 Å². The minimum absolute atomic E-state index is 0. The van der Waals surface area contributed by atoms with Crippen molar-refractivity contribution in [1.29, 1.82) is 5.26 Å². The van der Waals surface area contributed by atoms with Crippen molar-refractivity contribution in [3.8, 4) is 6.07 Å². The van der Waals surface area contributed by atoms with Crippen LogP contribution in [0.3, 0.4) is 0 Å². The fraction of sp³-hybridized carbons (Fsp3) is 0. The molecule has 0 amide bonds. The van der Waals surface area contributed by atoms with Gasteiger partial charge in [0.1, 0.15) is 6.07 Å². The van der Waals surface area contributed by atoms with Gasteiger partial charge < -0.3 is 15.3 Å². The molecule has 0 spiro atoms. The van der Waals surface area contributed by atoms with Crippen LogP contribution in [0.1, 0.15) is 5.82 Å². The first-order chi connectivity index (χ1) is 6.85. The van der Waals surface area contributed by atoms with Crippen LogP contribution in [0.5, 0.6) is 0 Å². The molecule has 1 heterocycles. The number of nitrogens with zero attached hydrogens (tertiary/aromatic N) is 3. The van der Waals surface area contributed by atoms with Gasteiger partial charge in [-0.1, -0.05) is 12.1 Å². The molecule has 2 aromatic rings. The van der Waals surface area contributed by atoms with Gasteiger partial charge in [-0.3, -0.25) is 0 Å². The second kappa shape index (κ2) is 5.39. The Kier molecular flexibility index (Phi) is 4.44. The standard InChI is InChI=1S/C9H6N4O.K/c10-5-8(13-14)9-11-6-3-1-2-4-7(6)12-9;/h1-4,14H,(H,11,12);/q;+1/p-1/b13-8+;. The zero-order valence-corrected chi connectivity index (χ0v) is 11.2. The van der Waals surface area contributed by atoms with Crippen LogP contribution in [0.15, 0.2) is 29.4 Å². The molecule has 0 atom stereocenters. The number of imidazole rings is 1. The second-order valence-electron chi connectivity index (χ2n) is 2.65. The smallest absolute Gasteiger partial charge is 0.791 e. The summed E-state index contributed by atoms with van der Waals surface area (Å²) >= 11 is 0. The minimum Gasteiger partial charge on any atom is -0.791 e. The van der Waals surface area contributed by atoms with Crippen molar-refractivity contribution in [2.45, 2.75) is 0 Å². The Bertz CT molecular complexity index is 507. The van der Waals surface area contributed by atoms with Gasteiger partial charge in [0.05, 0.1) is 11.0 Å². The van der Waals surface area contributed by atoms with E-state index in [0.29, 0.717) is 5.52 Å². The first-order valence-electron chi connectivity index (χ1n) is 3.90. The van der Waals surface area contributed by atoms with Crippen LogP contribution in [-0.4, -0.2) is 15.7 Å². The number of aromatic amines is 1. The summed E-state index contributed by atoms with van der Waals surface area (Å²) < 4.78 is 0.